The van der Waals surface area contributed by atoms with Gasteiger partial charge in [0.25, 0.3) is 0 Å². The molecule has 1 heterocycles. The van der Waals surface area contributed by atoms with Crippen molar-refractivity contribution in [1.82, 2.24) is 0 Å². The van der Waals surface area contributed by atoms with Gasteiger partial charge in [-0.25, -0.2) is 8.42 Å². The second-order valence-corrected chi connectivity index (χ2v) is 7.38. The number of carbonyl (C=O) groups excluding carboxylic acids is 1. The molecule has 2 aromatic carbocycles. The lowest BCUT2D eigenvalue weighted by molar-refractivity contribution is 0.0996. The first-order chi connectivity index (χ1) is 12.1. The molecule has 4 nitrogen and oxygen atoms in total. The Hall–Kier alpha value is -2.92. The highest BCUT2D eigenvalue weighted by Gasteiger charge is 2.17. The van der Waals surface area contributed by atoms with Crippen LogP contribution in [0.4, 0.5) is 0 Å². The molecule has 0 N–H and O–H groups in total. The van der Waals surface area contributed by atoms with Crippen molar-refractivity contribution in [2.24, 2.45) is 0 Å². The quantitative estimate of drug-likeness (QED) is 0.617. The highest BCUT2D eigenvalue weighted by molar-refractivity contribution is 7.91. The van der Waals surface area contributed by atoms with Gasteiger partial charge in [0.15, 0.2) is 5.78 Å². The molecule has 0 spiro atoms. The normalized spacial score (nSPS) is 11.7. The van der Waals surface area contributed by atoms with Crippen LogP contribution in [-0.2, 0) is 9.84 Å². The van der Waals surface area contributed by atoms with E-state index in [4.69, 9.17) is 4.42 Å². The molecule has 0 saturated heterocycles. The summed E-state index contributed by atoms with van der Waals surface area (Å²) in [7, 11) is -3.56. The van der Waals surface area contributed by atoms with Gasteiger partial charge in [-0.2, -0.15) is 0 Å². The highest BCUT2D eigenvalue weighted by atomic mass is 32.2. The number of furan rings is 1. The van der Waals surface area contributed by atoms with Crippen LogP contribution in [0.3, 0.4) is 0 Å². The van der Waals surface area contributed by atoms with Gasteiger partial charge in [-0.3, -0.25) is 4.79 Å². The molecule has 0 aliphatic rings. The smallest absolute Gasteiger partial charge is 0.206 e. The van der Waals surface area contributed by atoms with Crippen LogP contribution in [0.1, 0.15) is 22.3 Å². The van der Waals surface area contributed by atoms with Gasteiger partial charge in [-0.15, -0.1) is 0 Å². The third-order valence-electron chi connectivity index (χ3n) is 3.70. The molecule has 0 fully saturated rings. The first-order valence-corrected chi connectivity index (χ1v) is 9.18. The Balaban J connectivity index is 1.73. The molecule has 0 radical (unpaired) electrons. The standard InChI is InChI=1S/C20H16O4S/c21-20(8-4-5-16-13-14-24-15-16)17-9-11-19(12-10-17)25(22,23)18-6-2-1-3-7-18/h1-7,9-15H,8H2/b5-4+. The van der Waals surface area contributed by atoms with Crippen LogP contribution >= 0.6 is 0 Å². The molecule has 5 heteroatoms. The summed E-state index contributed by atoms with van der Waals surface area (Å²) in [6, 6.07) is 16.0. The number of hydrogen-bond donors (Lipinski definition) is 0. The summed E-state index contributed by atoms with van der Waals surface area (Å²) in [4.78, 5) is 12.6. The van der Waals surface area contributed by atoms with Crippen molar-refractivity contribution in [3.8, 4) is 0 Å². The molecular formula is C20H16O4S. The van der Waals surface area contributed by atoms with Gasteiger partial charge in [0.1, 0.15) is 0 Å². The van der Waals surface area contributed by atoms with Crippen LogP contribution in [0.5, 0.6) is 0 Å². The summed E-state index contributed by atoms with van der Waals surface area (Å²) in [6.45, 7) is 0. The summed E-state index contributed by atoms with van der Waals surface area (Å²) < 4.78 is 30.0. The fraction of sp³-hybridized carbons (Fsp3) is 0.0500. The lowest BCUT2D eigenvalue weighted by atomic mass is 10.1. The molecule has 3 rings (SSSR count). The zero-order valence-electron chi connectivity index (χ0n) is 13.3. The Labute approximate surface area is 146 Å². The fourth-order valence-electron chi connectivity index (χ4n) is 2.35. The maximum Gasteiger partial charge on any atom is 0.206 e. The minimum absolute atomic E-state index is 0.0802. The predicted octanol–water partition coefficient (Wildman–Crippen LogP) is 4.40. The minimum Gasteiger partial charge on any atom is -0.472 e. The minimum atomic E-state index is -3.56. The van der Waals surface area contributed by atoms with Crippen LogP contribution in [0, 0.1) is 0 Å². The van der Waals surface area contributed by atoms with Gasteiger partial charge >= 0.3 is 0 Å². The SMILES string of the molecule is O=C(C/C=C/c1ccoc1)c1ccc(S(=O)(=O)c2ccccc2)cc1. The second kappa shape index (κ2) is 7.32. The summed E-state index contributed by atoms with van der Waals surface area (Å²) in [5.74, 6) is -0.0802. The molecular weight excluding hydrogens is 336 g/mol. The van der Waals surface area contributed by atoms with E-state index in [0.29, 0.717) is 5.56 Å². The Bertz CT molecular complexity index is 968. The summed E-state index contributed by atoms with van der Waals surface area (Å²) >= 11 is 0. The molecule has 0 amide bonds. The van der Waals surface area contributed by atoms with Gasteiger partial charge in [-0.1, -0.05) is 42.5 Å². The zero-order chi connectivity index (χ0) is 17.7. The molecule has 25 heavy (non-hydrogen) atoms. The van der Waals surface area contributed by atoms with Crippen molar-refractivity contribution in [2.75, 3.05) is 0 Å². The van der Waals surface area contributed by atoms with Crippen molar-refractivity contribution in [1.29, 1.82) is 0 Å². The average molecular weight is 352 g/mol. The van der Waals surface area contributed by atoms with Gasteiger partial charge < -0.3 is 4.42 Å². The molecule has 0 aliphatic heterocycles. The first kappa shape index (κ1) is 16.9. The lowest BCUT2D eigenvalue weighted by Gasteiger charge is -2.05. The van der Waals surface area contributed by atoms with Crippen molar-refractivity contribution in [3.63, 3.8) is 0 Å². The van der Waals surface area contributed by atoms with Gasteiger partial charge in [0.2, 0.25) is 9.84 Å². The number of hydrogen-bond acceptors (Lipinski definition) is 4. The number of allylic oxidation sites excluding steroid dienone is 1. The summed E-state index contributed by atoms with van der Waals surface area (Å²) in [6.07, 6.45) is 6.94. The highest BCUT2D eigenvalue weighted by Crippen LogP contribution is 2.21. The number of ketones is 1. The number of sulfone groups is 1. The maximum atomic E-state index is 12.5. The van der Waals surface area contributed by atoms with E-state index in [-0.39, 0.29) is 22.0 Å². The van der Waals surface area contributed by atoms with E-state index in [1.165, 1.54) is 12.1 Å². The van der Waals surface area contributed by atoms with Gasteiger partial charge in [-0.05, 0) is 30.3 Å². The molecule has 1 aromatic heterocycles. The zero-order valence-corrected chi connectivity index (χ0v) is 14.1. The van der Waals surface area contributed by atoms with E-state index in [1.54, 1.807) is 73.2 Å². The second-order valence-electron chi connectivity index (χ2n) is 5.43. The van der Waals surface area contributed by atoms with Crippen molar-refractivity contribution >= 4 is 21.7 Å². The molecule has 3 aromatic rings. The Morgan fingerprint density at radius 3 is 2.24 bits per heavy atom. The predicted molar refractivity (Wildman–Crippen MR) is 95.0 cm³/mol. The van der Waals surface area contributed by atoms with Gasteiger partial charge in [0.05, 0.1) is 22.3 Å². The largest absolute Gasteiger partial charge is 0.472 e. The van der Waals surface area contributed by atoms with Crippen molar-refractivity contribution < 1.29 is 17.6 Å². The molecule has 126 valence electrons. The van der Waals surface area contributed by atoms with Crippen molar-refractivity contribution in [2.45, 2.75) is 16.2 Å². The molecule has 0 saturated carbocycles. The van der Waals surface area contributed by atoms with Crippen LogP contribution in [0.15, 0.2) is 93.5 Å². The molecule has 0 unspecified atom stereocenters. The number of Topliss-reactive ketones (excluding diaryl/α,β-unsaturated/α-hetero) is 1. The molecule has 0 aliphatic carbocycles. The number of benzene rings is 2. The van der Waals surface area contributed by atoms with E-state index >= 15 is 0 Å². The molecule has 0 atom stereocenters. The van der Waals surface area contributed by atoms with Crippen LogP contribution < -0.4 is 0 Å². The topological polar surface area (TPSA) is 64.3 Å². The molecule has 0 bridgehead atoms. The monoisotopic (exact) mass is 352 g/mol. The Morgan fingerprint density at radius 2 is 1.60 bits per heavy atom. The van der Waals surface area contributed by atoms with Crippen LogP contribution in [0.2, 0.25) is 0 Å². The summed E-state index contributed by atoms with van der Waals surface area (Å²) in [5, 5.41) is 0. The third-order valence-corrected chi connectivity index (χ3v) is 5.48. The Morgan fingerprint density at radius 1 is 0.920 bits per heavy atom. The third kappa shape index (κ3) is 3.95. The number of carbonyl (C=O) groups is 1. The first-order valence-electron chi connectivity index (χ1n) is 7.69. The average Bonchev–Trinajstić information content (AvgIpc) is 3.16. The lowest BCUT2D eigenvalue weighted by Crippen LogP contribution is -2.03. The van der Waals surface area contributed by atoms with Gasteiger partial charge in [0, 0.05) is 17.5 Å². The van der Waals surface area contributed by atoms with E-state index in [0.717, 1.165) is 5.56 Å². The Kier molecular flexibility index (Phi) is 4.95. The van der Waals surface area contributed by atoms with Crippen molar-refractivity contribution in [3.05, 3.63) is 90.4 Å². The number of rotatable bonds is 6. The van der Waals surface area contributed by atoms with E-state index in [9.17, 15) is 13.2 Å². The van der Waals surface area contributed by atoms with E-state index in [2.05, 4.69) is 0 Å². The van der Waals surface area contributed by atoms with Crippen LogP contribution in [0.25, 0.3) is 6.08 Å². The fourth-order valence-corrected chi connectivity index (χ4v) is 3.63. The van der Waals surface area contributed by atoms with E-state index in [1.807, 2.05) is 0 Å². The maximum absolute atomic E-state index is 12.5. The summed E-state index contributed by atoms with van der Waals surface area (Å²) in [5.41, 5.74) is 1.36. The van der Waals surface area contributed by atoms with Crippen LogP contribution in [-0.4, -0.2) is 14.2 Å². The van der Waals surface area contributed by atoms with E-state index < -0.39 is 9.84 Å².